The number of carbonyl (C=O) groups excluding carboxylic acids is 1. The van der Waals surface area contributed by atoms with Crippen LogP contribution in [0.2, 0.25) is 0 Å². The molecule has 4 nitrogen and oxygen atoms in total. The van der Waals surface area contributed by atoms with Gasteiger partial charge in [0.2, 0.25) is 0 Å². The molecule has 0 bridgehead atoms. The first-order valence-electron chi connectivity index (χ1n) is 5.65. The van der Waals surface area contributed by atoms with Crippen molar-refractivity contribution in [3.63, 3.8) is 0 Å². The molecule has 0 N–H and O–H groups in total. The Balaban J connectivity index is 2.48. The number of hydrogen-bond donors (Lipinski definition) is 0. The van der Waals surface area contributed by atoms with Crippen LogP contribution < -0.4 is 0 Å². The van der Waals surface area contributed by atoms with E-state index in [0.717, 1.165) is 15.4 Å². The van der Waals surface area contributed by atoms with E-state index in [1.807, 2.05) is 33.8 Å². The summed E-state index contributed by atoms with van der Waals surface area (Å²) >= 11 is 3.42. The number of halogens is 1. The number of hydrogen-bond acceptors (Lipinski definition) is 3. The van der Waals surface area contributed by atoms with Crippen LogP contribution in [-0.4, -0.2) is 21.2 Å². The van der Waals surface area contributed by atoms with Crippen molar-refractivity contribution in [3.05, 3.63) is 28.5 Å². The lowest BCUT2D eigenvalue weighted by molar-refractivity contribution is 0.0543. The highest BCUT2D eigenvalue weighted by Crippen LogP contribution is 2.25. The molecule has 2 rings (SSSR count). The van der Waals surface area contributed by atoms with Crippen LogP contribution in [0.5, 0.6) is 0 Å². The van der Waals surface area contributed by atoms with Crippen LogP contribution >= 0.6 is 15.9 Å². The van der Waals surface area contributed by atoms with E-state index in [-0.39, 0.29) is 0 Å². The average molecular weight is 311 g/mol. The number of nitrogens with zero attached hydrogens (tertiary/aromatic N) is 2. The monoisotopic (exact) mass is 310 g/mol. The van der Waals surface area contributed by atoms with Gasteiger partial charge in [-0.2, -0.15) is 0 Å². The molecular formula is C13H15BrN2O2. The minimum absolute atomic E-state index is 0.410. The lowest BCUT2D eigenvalue weighted by Gasteiger charge is -2.19. The summed E-state index contributed by atoms with van der Waals surface area (Å²) in [5.74, 6) is 0. The van der Waals surface area contributed by atoms with Gasteiger partial charge in [0.05, 0.1) is 0 Å². The number of rotatable bonds is 0. The van der Waals surface area contributed by atoms with Crippen molar-refractivity contribution in [2.45, 2.75) is 33.3 Å². The van der Waals surface area contributed by atoms with E-state index >= 15 is 0 Å². The molecule has 0 spiro atoms. The highest BCUT2D eigenvalue weighted by molar-refractivity contribution is 9.10. The first-order chi connectivity index (χ1) is 8.29. The van der Waals surface area contributed by atoms with Gasteiger partial charge in [0.25, 0.3) is 0 Å². The van der Waals surface area contributed by atoms with Crippen molar-refractivity contribution in [3.8, 4) is 0 Å². The molecule has 0 aliphatic rings. The van der Waals surface area contributed by atoms with Gasteiger partial charge in [0.1, 0.15) is 11.2 Å². The molecule has 2 heterocycles. The van der Waals surface area contributed by atoms with E-state index in [4.69, 9.17) is 4.74 Å². The summed E-state index contributed by atoms with van der Waals surface area (Å²) in [6, 6.07) is 1.87. The van der Waals surface area contributed by atoms with Gasteiger partial charge < -0.3 is 4.74 Å². The zero-order valence-corrected chi connectivity index (χ0v) is 12.4. The number of aryl methyl sites for hydroxylation is 1. The Bertz CT molecular complexity index is 611. The van der Waals surface area contributed by atoms with E-state index in [1.54, 1.807) is 12.4 Å². The van der Waals surface area contributed by atoms with Gasteiger partial charge in [0, 0.05) is 22.3 Å². The predicted molar refractivity (Wildman–Crippen MR) is 73.8 cm³/mol. The molecule has 0 aliphatic carbocycles. The number of ether oxygens (including phenoxy) is 1. The molecule has 5 heteroatoms. The SMILES string of the molecule is Cc1c(Br)cnc2c1ccn2C(=O)OC(C)(C)C. The largest absolute Gasteiger partial charge is 0.443 e. The van der Waals surface area contributed by atoms with Gasteiger partial charge in [-0.3, -0.25) is 0 Å². The van der Waals surface area contributed by atoms with Crippen LogP contribution in [-0.2, 0) is 4.74 Å². The highest BCUT2D eigenvalue weighted by atomic mass is 79.9. The minimum atomic E-state index is -0.516. The Hall–Kier alpha value is -1.36. The van der Waals surface area contributed by atoms with Crippen LogP contribution in [0.1, 0.15) is 26.3 Å². The lowest BCUT2D eigenvalue weighted by Crippen LogP contribution is -2.26. The maximum Gasteiger partial charge on any atom is 0.420 e. The molecule has 0 saturated heterocycles. The zero-order chi connectivity index (χ0) is 13.5. The Kier molecular flexibility index (Phi) is 3.19. The maximum absolute atomic E-state index is 12.0. The smallest absolute Gasteiger partial charge is 0.420 e. The van der Waals surface area contributed by atoms with Crippen molar-refractivity contribution < 1.29 is 9.53 Å². The first-order valence-corrected chi connectivity index (χ1v) is 6.44. The highest BCUT2D eigenvalue weighted by Gasteiger charge is 2.20. The first kappa shape index (κ1) is 13.1. The Labute approximate surface area is 114 Å². The second-order valence-electron chi connectivity index (χ2n) is 5.13. The van der Waals surface area contributed by atoms with Gasteiger partial charge in [-0.05, 0) is 55.3 Å². The zero-order valence-electron chi connectivity index (χ0n) is 10.8. The summed E-state index contributed by atoms with van der Waals surface area (Å²) in [5.41, 5.74) is 1.16. The topological polar surface area (TPSA) is 44.1 Å². The molecule has 96 valence electrons. The summed E-state index contributed by atoms with van der Waals surface area (Å²) < 4.78 is 7.69. The van der Waals surface area contributed by atoms with Gasteiger partial charge in [-0.15, -0.1) is 0 Å². The molecule has 18 heavy (non-hydrogen) atoms. The second-order valence-corrected chi connectivity index (χ2v) is 5.99. The van der Waals surface area contributed by atoms with Crippen molar-refractivity contribution in [1.82, 2.24) is 9.55 Å². The molecule has 2 aromatic rings. The molecule has 0 aliphatic heterocycles. The number of pyridine rings is 1. The van der Waals surface area contributed by atoms with Crippen LogP contribution in [0.4, 0.5) is 4.79 Å². The Morgan fingerprint density at radius 3 is 2.72 bits per heavy atom. The number of carbonyl (C=O) groups is 1. The summed E-state index contributed by atoms with van der Waals surface area (Å²) in [6.45, 7) is 7.50. The van der Waals surface area contributed by atoms with E-state index in [2.05, 4.69) is 20.9 Å². The fourth-order valence-corrected chi connectivity index (χ4v) is 1.97. The van der Waals surface area contributed by atoms with Crippen molar-refractivity contribution in [2.24, 2.45) is 0 Å². The average Bonchev–Trinajstić information content (AvgIpc) is 2.65. The quantitative estimate of drug-likeness (QED) is 0.741. The van der Waals surface area contributed by atoms with Crippen molar-refractivity contribution >= 4 is 33.1 Å². The lowest BCUT2D eigenvalue weighted by atomic mass is 10.2. The molecule has 2 aromatic heterocycles. The summed E-state index contributed by atoms with van der Waals surface area (Å²) in [6.07, 6.45) is 2.97. The third-order valence-electron chi connectivity index (χ3n) is 2.51. The van der Waals surface area contributed by atoms with Crippen molar-refractivity contribution in [1.29, 1.82) is 0 Å². The van der Waals surface area contributed by atoms with E-state index < -0.39 is 11.7 Å². The Morgan fingerprint density at radius 1 is 1.44 bits per heavy atom. The van der Waals surface area contributed by atoms with Crippen molar-refractivity contribution in [2.75, 3.05) is 0 Å². The third-order valence-corrected chi connectivity index (χ3v) is 3.31. The summed E-state index contributed by atoms with van der Waals surface area (Å²) in [5, 5.41) is 0.940. The van der Waals surface area contributed by atoms with Gasteiger partial charge in [0.15, 0.2) is 0 Å². The minimum Gasteiger partial charge on any atom is -0.443 e. The Morgan fingerprint density at radius 2 is 2.11 bits per heavy atom. The molecular weight excluding hydrogens is 296 g/mol. The molecule has 0 unspecified atom stereocenters. The molecule has 0 amide bonds. The van der Waals surface area contributed by atoms with Crippen LogP contribution in [0, 0.1) is 6.92 Å². The second kappa shape index (κ2) is 4.39. The number of aromatic nitrogens is 2. The van der Waals surface area contributed by atoms with Gasteiger partial charge >= 0.3 is 6.09 Å². The van der Waals surface area contributed by atoms with Crippen LogP contribution in [0.15, 0.2) is 22.9 Å². The van der Waals surface area contributed by atoms with Crippen LogP contribution in [0.25, 0.3) is 11.0 Å². The van der Waals surface area contributed by atoms with E-state index in [0.29, 0.717) is 5.65 Å². The fourth-order valence-electron chi connectivity index (χ4n) is 1.65. The van der Waals surface area contributed by atoms with Gasteiger partial charge in [-0.1, -0.05) is 0 Å². The maximum atomic E-state index is 12.0. The molecule has 0 saturated carbocycles. The molecule has 0 aromatic carbocycles. The summed E-state index contributed by atoms with van der Waals surface area (Å²) in [7, 11) is 0. The van der Waals surface area contributed by atoms with E-state index in [1.165, 1.54) is 4.57 Å². The third kappa shape index (κ3) is 2.41. The normalized spacial score (nSPS) is 11.8. The molecule has 0 radical (unpaired) electrons. The van der Waals surface area contributed by atoms with E-state index in [9.17, 15) is 4.79 Å². The number of fused-ring (bicyclic) bond motifs is 1. The van der Waals surface area contributed by atoms with Crippen LogP contribution in [0.3, 0.4) is 0 Å². The molecule has 0 fully saturated rings. The predicted octanol–water partition coefficient (Wildman–Crippen LogP) is 3.89. The molecule has 0 atom stereocenters. The van der Waals surface area contributed by atoms with Gasteiger partial charge in [-0.25, -0.2) is 14.3 Å². The summed E-state index contributed by atoms with van der Waals surface area (Å²) in [4.78, 5) is 16.3. The standard InChI is InChI=1S/C13H15BrN2O2/c1-8-9-5-6-16(11(9)15-7-10(8)14)12(17)18-13(2,3)4/h5-7H,1-4H3. The fraction of sp³-hybridized carbons (Fsp3) is 0.385.